The van der Waals surface area contributed by atoms with Crippen molar-refractivity contribution in [2.24, 2.45) is 11.3 Å². The maximum absolute atomic E-state index is 12.9. The summed E-state index contributed by atoms with van der Waals surface area (Å²) in [6.45, 7) is 12.9. The Balaban J connectivity index is 1.58. The third kappa shape index (κ3) is 5.43. The summed E-state index contributed by atoms with van der Waals surface area (Å²) in [6.07, 6.45) is 6.07. The second-order valence-electron chi connectivity index (χ2n) is 9.38. The molecule has 3 heterocycles. The van der Waals surface area contributed by atoms with Crippen molar-refractivity contribution in [1.82, 2.24) is 19.6 Å². The van der Waals surface area contributed by atoms with Crippen molar-refractivity contribution in [3.05, 3.63) is 28.5 Å². The number of amides is 1. The molecule has 0 spiro atoms. The number of halogens is 1. The molecule has 3 N–H and O–H groups in total. The summed E-state index contributed by atoms with van der Waals surface area (Å²) in [6, 6.07) is 1.63. The standard InChI is InChI=1S/C22H34ClN5O/c1-5-16-14-28-19(24)18(23)12-17(20(28)26-16)21(29)25-13-15-6-9-27(10-7-15)11-8-22(2,3)4/h12,14-15H,5-11,13,24H2,1-4H3,(H,25,29). The van der Waals surface area contributed by atoms with Crippen LogP contribution < -0.4 is 11.1 Å². The number of carbonyl (C=O) groups excluding carboxylic acids is 1. The zero-order chi connectivity index (χ0) is 21.2. The van der Waals surface area contributed by atoms with Gasteiger partial charge in [0.2, 0.25) is 0 Å². The number of aryl methyl sites for hydroxylation is 1. The number of nitrogens with two attached hydrogens (primary N) is 1. The average molecular weight is 420 g/mol. The number of aromatic nitrogens is 2. The monoisotopic (exact) mass is 419 g/mol. The lowest BCUT2D eigenvalue weighted by Gasteiger charge is -2.33. The SMILES string of the molecule is CCc1cn2c(N)c(Cl)cc(C(=O)NCC3CCN(CCC(C)(C)C)CC3)c2n1. The third-order valence-electron chi connectivity index (χ3n) is 5.82. The predicted octanol–water partition coefficient (Wildman–Crippen LogP) is 4.01. The van der Waals surface area contributed by atoms with Crippen molar-refractivity contribution in [1.29, 1.82) is 0 Å². The molecule has 0 atom stereocenters. The van der Waals surface area contributed by atoms with Gasteiger partial charge in [-0.25, -0.2) is 4.98 Å². The Morgan fingerprint density at radius 1 is 1.34 bits per heavy atom. The van der Waals surface area contributed by atoms with E-state index in [9.17, 15) is 4.79 Å². The molecule has 0 bridgehead atoms. The fourth-order valence-electron chi connectivity index (χ4n) is 3.76. The first kappa shape index (κ1) is 21.9. The number of fused-ring (bicyclic) bond motifs is 1. The normalized spacial score (nSPS) is 16.4. The number of pyridine rings is 1. The van der Waals surface area contributed by atoms with Crippen LogP contribution in [0, 0.1) is 11.3 Å². The van der Waals surface area contributed by atoms with Gasteiger partial charge in [0.1, 0.15) is 5.82 Å². The number of hydrogen-bond acceptors (Lipinski definition) is 4. The Labute approximate surface area is 178 Å². The second-order valence-corrected chi connectivity index (χ2v) is 9.78. The summed E-state index contributed by atoms with van der Waals surface area (Å²) in [4.78, 5) is 20.0. The minimum absolute atomic E-state index is 0.139. The van der Waals surface area contributed by atoms with E-state index in [1.807, 2.05) is 13.1 Å². The molecule has 0 aromatic carbocycles. The summed E-state index contributed by atoms with van der Waals surface area (Å²) in [5.74, 6) is 0.782. The largest absolute Gasteiger partial charge is 0.384 e. The number of hydrogen-bond donors (Lipinski definition) is 2. The van der Waals surface area contributed by atoms with Gasteiger partial charge in [-0.2, -0.15) is 0 Å². The number of piperidine rings is 1. The molecule has 2 aromatic heterocycles. The lowest BCUT2D eigenvalue weighted by molar-refractivity contribution is 0.0935. The summed E-state index contributed by atoms with van der Waals surface area (Å²) in [5.41, 5.74) is 8.37. The van der Waals surface area contributed by atoms with Gasteiger partial charge in [0, 0.05) is 12.7 Å². The van der Waals surface area contributed by atoms with E-state index >= 15 is 0 Å². The van der Waals surface area contributed by atoms with E-state index in [1.165, 1.54) is 6.42 Å². The molecule has 0 saturated carbocycles. The number of nitrogens with one attached hydrogen (secondary N) is 1. The van der Waals surface area contributed by atoms with Crippen molar-refractivity contribution < 1.29 is 4.79 Å². The Morgan fingerprint density at radius 2 is 2.03 bits per heavy atom. The Hall–Kier alpha value is -1.79. The molecular weight excluding hydrogens is 386 g/mol. The highest BCUT2D eigenvalue weighted by atomic mass is 35.5. The molecule has 6 nitrogen and oxygen atoms in total. The number of imidazole rings is 1. The van der Waals surface area contributed by atoms with E-state index < -0.39 is 0 Å². The molecule has 3 rings (SSSR count). The summed E-state index contributed by atoms with van der Waals surface area (Å²) in [5, 5.41) is 3.47. The molecule has 1 amide bonds. The molecule has 0 unspecified atom stereocenters. The van der Waals surface area contributed by atoms with Crippen LogP contribution in [0.25, 0.3) is 5.65 Å². The molecule has 29 heavy (non-hydrogen) atoms. The van der Waals surface area contributed by atoms with Gasteiger partial charge in [0.15, 0.2) is 5.65 Å². The maximum atomic E-state index is 12.9. The summed E-state index contributed by atoms with van der Waals surface area (Å²) in [7, 11) is 0. The van der Waals surface area contributed by atoms with Crippen molar-refractivity contribution in [3.8, 4) is 0 Å². The lowest BCUT2D eigenvalue weighted by atomic mass is 9.91. The van der Waals surface area contributed by atoms with Crippen LogP contribution >= 0.6 is 11.6 Å². The van der Waals surface area contributed by atoms with Crippen LogP contribution in [0.3, 0.4) is 0 Å². The quantitative estimate of drug-likeness (QED) is 0.741. The molecule has 0 aliphatic carbocycles. The predicted molar refractivity (Wildman–Crippen MR) is 120 cm³/mol. The summed E-state index contributed by atoms with van der Waals surface area (Å²) < 4.78 is 1.71. The Bertz CT molecular complexity index is 862. The van der Waals surface area contributed by atoms with Crippen molar-refractivity contribution in [3.63, 3.8) is 0 Å². The fourth-order valence-corrected chi connectivity index (χ4v) is 3.96. The number of rotatable bonds is 6. The van der Waals surface area contributed by atoms with Gasteiger partial charge in [-0.05, 0) is 62.7 Å². The van der Waals surface area contributed by atoms with Gasteiger partial charge in [-0.1, -0.05) is 39.3 Å². The van der Waals surface area contributed by atoms with Crippen LogP contribution in [0.5, 0.6) is 0 Å². The smallest absolute Gasteiger partial charge is 0.255 e. The molecule has 0 radical (unpaired) electrons. The van der Waals surface area contributed by atoms with Crippen LogP contribution in [0.4, 0.5) is 5.82 Å². The minimum Gasteiger partial charge on any atom is -0.384 e. The van der Waals surface area contributed by atoms with Gasteiger partial charge in [-0.3, -0.25) is 9.20 Å². The minimum atomic E-state index is -0.139. The van der Waals surface area contributed by atoms with Gasteiger partial charge in [0.25, 0.3) is 5.91 Å². The highest BCUT2D eigenvalue weighted by Crippen LogP contribution is 2.25. The van der Waals surface area contributed by atoms with E-state index in [-0.39, 0.29) is 5.91 Å². The molecular formula is C22H34ClN5O. The van der Waals surface area contributed by atoms with Crippen LogP contribution in [0.2, 0.25) is 5.02 Å². The van der Waals surface area contributed by atoms with Crippen LogP contribution in [0.1, 0.15) is 63.0 Å². The molecule has 160 valence electrons. The topological polar surface area (TPSA) is 75.7 Å². The molecule has 2 aromatic rings. The highest BCUT2D eigenvalue weighted by molar-refractivity contribution is 6.33. The van der Waals surface area contributed by atoms with E-state index in [2.05, 4.69) is 36.0 Å². The van der Waals surface area contributed by atoms with Crippen LogP contribution in [-0.2, 0) is 6.42 Å². The first-order valence-electron chi connectivity index (χ1n) is 10.6. The molecule has 1 fully saturated rings. The van der Waals surface area contributed by atoms with Crippen LogP contribution in [-0.4, -0.2) is 46.4 Å². The van der Waals surface area contributed by atoms with Gasteiger partial charge < -0.3 is 16.0 Å². The third-order valence-corrected chi connectivity index (χ3v) is 6.12. The van der Waals surface area contributed by atoms with Crippen LogP contribution in [0.15, 0.2) is 12.3 Å². The van der Waals surface area contributed by atoms with Gasteiger partial charge in [0.05, 0.1) is 16.3 Å². The zero-order valence-electron chi connectivity index (χ0n) is 18.1. The van der Waals surface area contributed by atoms with Gasteiger partial charge in [-0.15, -0.1) is 0 Å². The lowest BCUT2D eigenvalue weighted by Crippen LogP contribution is -2.39. The van der Waals surface area contributed by atoms with E-state index in [0.29, 0.717) is 39.9 Å². The molecule has 1 aliphatic heterocycles. The number of nitrogens with zero attached hydrogens (tertiary/aromatic N) is 3. The zero-order valence-corrected chi connectivity index (χ0v) is 18.9. The maximum Gasteiger partial charge on any atom is 0.255 e. The number of likely N-dealkylation sites (tertiary alicyclic amines) is 1. The number of nitrogen functional groups attached to an aromatic ring is 1. The highest BCUT2D eigenvalue weighted by Gasteiger charge is 2.23. The molecule has 1 saturated heterocycles. The first-order valence-corrected chi connectivity index (χ1v) is 11.0. The fraction of sp³-hybridized carbons (Fsp3) is 0.636. The number of anilines is 1. The molecule has 1 aliphatic rings. The van der Waals surface area contributed by atoms with Crippen molar-refractivity contribution in [2.75, 3.05) is 31.9 Å². The van der Waals surface area contributed by atoms with Crippen molar-refractivity contribution >= 4 is 29.0 Å². The molecule has 7 heteroatoms. The Morgan fingerprint density at radius 3 is 2.66 bits per heavy atom. The number of carbonyl (C=O) groups is 1. The second kappa shape index (κ2) is 8.92. The van der Waals surface area contributed by atoms with E-state index in [4.69, 9.17) is 17.3 Å². The van der Waals surface area contributed by atoms with Crippen molar-refractivity contribution in [2.45, 2.75) is 53.4 Å². The summed E-state index contributed by atoms with van der Waals surface area (Å²) >= 11 is 6.26. The van der Waals surface area contributed by atoms with Gasteiger partial charge >= 0.3 is 0 Å². The average Bonchev–Trinajstić information content (AvgIpc) is 3.12. The Kier molecular flexibility index (Phi) is 6.74. The first-order chi connectivity index (χ1) is 13.7. The van der Waals surface area contributed by atoms with E-state index in [1.54, 1.807) is 10.5 Å². The van der Waals surface area contributed by atoms with E-state index in [0.717, 1.165) is 44.6 Å².